The van der Waals surface area contributed by atoms with Gasteiger partial charge in [-0.1, -0.05) is 6.07 Å². The van der Waals surface area contributed by atoms with Gasteiger partial charge in [0.1, 0.15) is 0 Å². The van der Waals surface area contributed by atoms with Gasteiger partial charge in [0.15, 0.2) is 0 Å². The van der Waals surface area contributed by atoms with Crippen LogP contribution in [0.4, 0.5) is 5.69 Å². The van der Waals surface area contributed by atoms with Gasteiger partial charge in [-0.05, 0) is 44.0 Å². The van der Waals surface area contributed by atoms with E-state index < -0.39 is 5.97 Å². The number of nitrogens with one attached hydrogen (secondary N) is 2. The van der Waals surface area contributed by atoms with E-state index in [1.54, 1.807) is 19.1 Å². The molecule has 1 fully saturated rings. The molecule has 1 aromatic rings. The Labute approximate surface area is 112 Å². The number of hydrogen-bond acceptors (Lipinski definition) is 3. The summed E-state index contributed by atoms with van der Waals surface area (Å²) in [6, 6.07) is 4.94. The molecule has 19 heavy (non-hydrogen) atoms. The Balaban J connectivity index is 2.08. The van der Waals surface area contributed by atoms with Crippen LogP contribution in [0.1, 0.15) is 28.8 Å². The predicted octanol–water partition coefficient (Wildman–Crippen LogP) is 1.63. The van der Waals surface area contributed by atoms with Crippen molar-refractivity contribution in [3.05, 3.63) is 29.3 Å². The van der Waals surface area contributed by atoms with E-state index in [9.17, 15) is 9.59 Å². The Hall–Kier alpha value is -1.88. The minimum Gasteiger partial charge on any atom is -0.478 e. The Morgan fingerprint density at radius 3 is 2.84 bits per heavy atom. The number of hydrogen-bond donors (Lipinski definition) is 3. The van der Waals surface area contributed by atoms with Crippen LogP contribution in [-0.4, -0.2) is 30.1 Å². The Morgan fingerprint density at radius 1 is 1.42 bits per heavy atom. The predicted molar refractivity (Wildman–Crippen MR) is 72.4 cm³/mol. The second-order valence-corrected chi connectivity index (χ2v) is 4.87. The molecule has 0 spiro atoms. The highest BCUT2D eigenvalue weighted by atomic mass is 16.4. The van der Waals surface area contributed by atoms with Gasteiger partial charge in [-0.2, -0.15) is 0 Å². The van der Waals surface area contributed by atoms with Crippen molar-refractivity contribution >= 4 is 17.6 Å². The zero-order valence-electron chi connectivity index (χ0n) is 10.9. The standard InChI is InChI=1S/C14H18N2O3/c1-9-4-5-11(7-12(9)14(18)19)16-13(17)10-3-2-6-15-8-10/h4-5,7,10,15H,2-3,6,8H2,1H3,(H,16,17)(H,18,19). The van der Waals surface area contributed by atoms with Crippen LogP contribution in [-0.2, 0) is 4.79 Å². The maximum Gasteiger partial charge on any atom is 0.336 e. The molecule has 0 saturated carbocycles. The van der Waals surface area contributed by atoms with Crippen LogP contribution in [0.15, 0.2) is 18.2 Å². The minimum absolute atomic E-state index is 0.0386. The number of carbonyl (C=O) groups excluding carboxylic acids is 1. The van der Waals surface area contributed by atoms with E-state index in [0.29, 0.717) is 17.8 Å². The van der Waals surface area contributed by atoms with Crippen molar-refractivity contribution in [1.29, 1.82) is 0 Å². The molecule has 5 heteroatoms. The van der Waals surface area contributed by atoms with Gasteiger partial charge in [0.25, 0.3) is 0 Å². The highest BCUT2D eigenvalue weighted by molar-refractivity contribution is 5.95. The Morgan fingerprint density at radius 2 is 2.21 bits per heavy atom. The summed E-state index contributed by atoms with van der Waals surface area (Å²) in [4.78, 5) is 23.1. The zero-order valence-corrected chi connectivity index (χ0v) is 10.9. The summed E-state index contributed by atoms with van der Waals surface area (Å²) in [5, 5.41) is 15.0. The number of amides is 1. The number of piperidine rings is 1. The summed E-state index contributed by atoms with van der Waals surface area (Å²) < 4.78 is 0. The van der Waals surface area contributed by atoms with Crippen molar-refractivity contribution in [2.75, 3.05) is 18.4 Å². The molecule has 1 amide bonds. The molecule has 0 bridgehead atoms. The quantitative estimate of drug-likeness (QED) is 0.773. The first kappa shape index (κ1) is 13.5. The van der Waals surface area contributed by atoms with E-state index >= 15 is 0 Å². The number of carboxylic acids is 1. The average molecular weight is 262 g/mol. The van der Waals surface area contributed by atoms with Crippen LogP contribution in [0, 0.1) is 12.8 Å². The van der Waals surface area contributed by atoms with Crippen LogP contribution in [0.2, 0.25) is 0 Å². The van der Waals surface area contributed by atoms with E-state index in [-0.39, 0.29) is 17.4 Å². The zero-order chi connectivity index (χ0) is 13.8. The maximum absolute atomic E-state index is 12.0. The van der Waals surface area contributed by atoms with Crippen LogP contribution < -0.4 is 10.6 Å². The van der Waals surface area contributed by atoms with Crippen molar-refractivity contribution in [2.24, 2.45) is 5.92 Å². The van der Waals surface area contributed by atoms with Crippen molar-refractivity contribution in [1.82, 2.24) is 5.32 Å². The molecule has 102 valence electrons. The monoisotopic (exact) mass is 262 g/mol. The topological polar surface area (TPSA) is 78.4 Å². The third kappa shape index (κ3) is 3.32. The lowest BCUT2D eigenvalue weighted by molar-refractivity contribution is -0.120. The molecule has 1 unspecified atom stereocenters. The second kappa shape index (κ2) is 5.84. The van der Waals surface area contributed by atoms with Crippen molar-refractivity contribution in [3.63, 3.8) is 0 Å². The van der Waals surface area contributed by atoms with Gasteiger partial charge in [-0.3, -0.25) is 4.79 Å². The van der Waals surface area contributed by atoms with Gasteiger partial charge in [0, 0.05) is 12.2 Å². The summed E-state index contributed by atoms with van der Waals surface area (Å²) >= 11 is 0. The number of carboxylic acid groups (broad SMARTS) is 1. The molecule has 1 aliphatic heterocycles. The Kier molecular flexibility index (Phi) is 4.16. The second-order valence-electron chi connectivity index (χ2n) is 4.87. The molecule has 1 heterocycles. The fourth-order valence-corrected chi connectivity index (χ4v) is 2.25. The number of anilines is 1. The normalized spacial score (nSPS) is 18.9. The van der Waals surface area contributed by atoms with Crippen molar-refractivity contribution in [3.8, 4) is 0 Å². The molecule has 2 rings (SSSR count). The average Bonchev–Trinajstić information content (AvgIpc) is 2.41. The molecule has 1 saturated heterocycles. The molecular formula is C14H18N2O3. The van der Waals surface area contributed by atoms with Crippen LogP contribution in [0.25, 0.3) is 0 Å². The first-order valence-electron chi connectivity index (χ1n) is 6.43. The molecule has 5 nitrogen and oxygen atoms in total. The summed E-state index contributed by atoms with van der Waals surface area (Å²) in [6.45, 7) is 3.38. The molecule has 0 aliphatic carbocycles. The highest BCUT2D eigenvalue weighted by Gasteiger charge is 2.21. The molecule has 1 aromatic carbocycles. The van der Waals surface area contributed by atoms with E-state index in [1.165, 1.54) is 6.07 Å². The van der Waals surface area contributed by atoms with Gasteiger partial charge in [0.2, 0.25) is 5.91 Å². The van der Waals surface area contributed by atoms with Crippen LogP contribution in [0.3, 0.4) is 0 Å². The van der Waals surface area contributed by atoms with Gasteiger partial charge in [-0.25, -0.2) is 4.79 Å². The molecule has 0 aromatic heterocycles. The van der Waals surface area contributed by atoms with Gasteiger partial charge >= 0.3 is 5.97 Å². The fourth-order valence-electron chi connectivity index (χ4n) is 2.25. The number of aryl methyl sites for hydroxylation is 1. The molecule has 1 atom stereocenters. The van der Waals surface area contributed by atoms with E-state index in [0.717, 1.165) is 19.4 Å². The van der Waals surface area contributed by atoms with Gasteiger partial charge in [-0.15, -0.1) is 0 Å². The SMILES string of the molecule is Cc1ccc(NC(=O)C2CCCNC2)cc1C(=O)O. The lowest BCUT2D eigenvalue weighted by Gasteiger charge is -2.22. The number of rotatable bonds is 3. The number of carbonyl (C=O) groups is 2. The smallest absolute Gasteiger partial charge is 0.336 e. The fraction of sp³-hybridized carbons (Fsp3) is 0.429. The maximum atomic E-state index is 12.0. The molecular weight excluding hydrogens is 244 g/mol. The first-order valence-corrected chi connectivity index (χ1v) is 6.43. The summed E-state index contributed by atoms with van der Waals surface area (Å²) in [5.74, 6) is -1.07. The summed E-state index contributed by atoms with van der Waals surface area (Å²) in [7, 11) is 0. The van der Waals surface area contributed by atoms with E-state index in [4.69, 9.17) is 5.11 Å². The Bertz CT molecular complexity index is 493. The lowest BCUT2D eigenvalue weighted by atomic mass is 9.98. The largest absolute Gasteiger partial charge is 0.478 e. The van der Waals surface area contributed by atoms with Crippen LogP contribution >= 0.6 is 0 Å². The summed E-state index contributed by atoms with van der Waals surface area (Å²) in [6.07, 6.45) is 1.86. The highest BCUT2D eigenvalue weighted by Crippen LogP contribution is 2.18. The van der Waals surface area contributed by atoms with Gasteiger partial charge in [0.05, 0.1) is 11.5 Å². The van der Waals surface area contributed by atoms with E-state index in [2.05, 4.69) is 10.6 Å². The van der Waals surface area contributed by atoms with Crippen LogP contribution in [0.5, 0.6) is 0 Å². The van der Waals surface area contributed by atoms with Crippen molar-refractivity contribution in [2.45, 2.75) is 19.8 Å². The van der Waals surface area contributed by atoms with E-state index in [1.807, 2.05) is 0 Å². The molecule has 1 aliphatic rings. The number of aromatic carboxylic acids is 1. The molecule has 0 radical (unpaired) electrons. The third-order valence-electron chi connectivity index (χ3n) is 3.40. The van der Waals surface area contributed by atoms with Crippen molar-refractivity contribution < 1.29 is 14.7 Å². The molecule has 3 N–H and O–H groups in total. The first-order chi connectivity index (χ1) is 9.08. The minimum atomic E-state index is -0.979. The lowest BCUT2D eigenvalue weighted by Crippen LogP contribution is -2.37. The summed E-state index contributed by atoms with van der Waals surface area (Å²) in [5.41, 5.74) is 1.45. The number of benzene rings is 1. The third-order valence-corrected chi connectivity index (χ3v) is 3.40. The van der Waals surface area contributed by atoms with Gasteiger partial charge < -0.3 is 15.7 Å².